The summed E-state index contributed by atoms with van der Waals surface area (Å²) < 4.78 is 12.9. The Bertz CT molecular complexity index is 323. The zero-order chi connectivity index (χ0) is 9.97. The van der Waals surface area contributed by atoms with E-state index in [-0.39, 0.29) is 5.82 Å². The van der Waals surface area contributed by atoms with E-state index in [4.69, 9.17) is 0 Å². The number of aryl methyl sites for hydroxylation is 1. The molecule has 1 saturated heterocycles. The lowest BCUT2D eigenvalue weighted by Crippen LogP contribution is -2.44. The first-order chi connectivity index (χ1) is 6.77. The molecule has 1 N–H and O–H groups in total. The predicted octanol–water partition coefficient (Wildman–Crippen LogP) is 0.334. The van der Waals surface area contributed by atoms with Gasteiger partial charge < -0.3 is 10.2 Å². The van der Waals surface area contributed by atoms with Crippen LogP contribution in [-0.4, -0.2) is 36.1 Å². The van der Waals surface area contributed by atoms with Crippen LogP contribution >= 0.6 is 0 Å². The van der Waals surface area contributed by atoms with Gasteiger partial charge in [-0.3, -0.25) is 0 Å². The molecule has 2 rings (SSSR count). The third kappa shape index (κ3) is 1.82. The highest BCUT2D eigenvalue weighted by Gasteiger charge is 2.13. The lowest BCUT2D eigenvalue weighted by atomic mass is 10.4. The third-order valence-electron chi connectivity index (χ3n) is 2.31. The van der Waals surface area contributed by atoms with Crippen molar-refractivity contribution in [3.8, 4) is 0 Å². The highest BCUT2D eigenvalue weighted by molar-refractivity contribution is 5.31. The lowest BCUT2D eigenvalue weighted by molar-refractivity contribution is 0.568. The van der Waals surface area contributed by atoms with Crippen LogP contribution in [0.15, 0.2) is 6.20 Å². The van der Waals surface area contributed by atoms with E-state index in [0.29, 0.717) is 11.6 Å². The standard InChI is InChI=1S/C9H13FN4/c1-7-8(10)6-12-9(13-7)14-4-2-11-3-5-14/h6,11H,2-5H2,1H3. The number of piperazine rings is 1. The molecular weight excluding hydrogens is 183 g/mol. The number of hydrogen-bond donors (Lipinski definition) is 1. The molecule has 0 unspecified atom stereocenters. The lowest BCUT2D eigenvalue weighted by Gasteiger charge is -2.27. The molecule has 1 aliphatic rings. The van der Waals surface area contributed by atoms with Gasteiger partial charge in [-0.15, -0.1) is 0 Å². The molecule has 1 aliphatic heterocycles. The highest BCUT2D eigenvalue weighted by Crippen LogP contribution is 2.10. The second-order valence-corrected chi connectivity index (χ2v) is 3.34. The molecule has 1 fully saturated rings. The summed E-state index contributed by atoms with van der Waals surface area (Å²) >= 11 is 0. The maximum atomic E-state index is 12.9. The van der Waals surface area contributed by atoms with E-state index in [0.717, 1.165) is 26.2 Å². The molecule has 0 aliphatic carbocycles. The second kappa shape index (κ2) is 3.88. The SMILES string of the molecule is Cc1nc(N2CCNCC2)ncc1F. The van der Waals surface area contributed by atoms with Gasteiger partial charge in [0, 0.05) is 26.2 Å². The average Bonchev–Trinajstić information content (AvgIpc) is 2.23. The Morgan fingerprint density at radius 1 is 1.43 bits per heavy atom. The van der Waals surface area contributed by atoms with Gasteiger partial charge in [-0.1, -0.05) is 0 Å². The molecule has 0 radical (unpaired) electrons. The minimum atomic E-state index is -0.344. The van der Waals surface area contributed by atoms with Crippen LogP contribution in [0.5, 0.6) is 0 Å². The molecule has 1 aromatic rings. The largest absolute Gasteiger partial charge is 0.338 e. The zero-order valence-corrected chi connectivity index (χ0v) is 8.13. The molecule has 2 heterocycles. The van der Waals surface area contributed by atoms with E-state index in [2.05, 4.69) is 20.2 Å². The topological polar surface area (TPSA) is 41.1 Å². The van der Waals surface area contributed by atoms with Gasteiger partial charge in [0.05, 0.1) is 11.9 Å². The zero-order valence-electron chi connectivity index (χ0n) is 8.13. The van der Waals surface area contributed by atoms with Gasteiger partial charge in [-0.05, 0) is 6.92 Å². The van der Waals surface area contributed by atoms with Crippen molar-refractivity contribution in [3.63, 3.8) is 0 Å². The summed E-state index contributed by atoms with van der Waals surface area (Å²) in [6.07, 6.45) is 1.24. The van der Waals surface area contributed by atoms with Gasteiger partial charge in [0.25, 0.3) is 0 Å². The van der Waals surface area contributed by atoms with Crippen molar-refractivity contribution in [2.45, 2.75) is 6.92 Å². The molecule has 0 saturated carbocycles. The fraction of sp³-hybridized carbons (Fsp3) is 0.556. The molecule has 0 aromatic carbocycles. The van der Waals surface area contributed by atoms with E-state index < -0.39 is 0 Å². The van der Waals surface area contributed by atoms with E-state index in [1.807, 2.05) is 0 Å². The Labute approximate surface area is 82.2 Å². The molecule has 4 nitrogen and oxygen atoms in total. The van der Waals surface area contributed by atoms with Crippen molar-refractivity contribution in [2.75, 3.05) is 31.1 Å². The van der Waals surface area contributed by atoms with Crippen LogP contribution in [0.3, 0.4) is 0 Å². The number of hydrogen-bond acceptors (Lipinski definition) is 4. The van der Waals surface area contributed by atoms with Crippen molar-refractivity contribution in [2.24, 2.45) is 0 Å². The molecule has 14 heavy (non-hydrogen) atoms. The van der Waals surface area contributed by atoms with Crippen molar-refractivity contribution in [3.05, 3.63) is 17.7 Å². The fourth-order valence-corrected chi connectivity index (χ4v) is 1.46. The van der Waals surface area contributed by atoms with Crippen molar-refractivity contribution in [1.82, 2.24) is 15.3 Å². The summed E-state index contributed by atoms with van der Waals surface area (Å²) in [5, 5.41) is 3.24. The summed E-state index contributed by atoms with van der Waals surface area (Å²) in [5.41, 5.74) is 0.411. The van der Waals surface area contributed by atoms with Gasteiger partial charge in [0.2, 0.25) is 5.95 Å². The Balaban J connectivity index is 2.18. The van der Waals surface area contributed by atoms with E-state index >= 15 is 0 Å². The minimum absolute atomic E-state index is 0.344. The number of aromatic nitrogens is 2. The van der Waals surface area contributed by atoms with E-state index in [9.17, 15) is 4.39 Å². The van der Waals surface area contributed by atoms with Crippen LogP contribution in [0.1, 0.15) is 5.69 Å². The number of nitrogens with one attached hydrogen (secondary N) is 1. The second-order valence-electron chi connectivity index (χ2n) is 3.34. The summed E-state index contributed by atoms with van der Waals surface area (Å²) in [6, 6.07) is 0. The Kier molecular flexibility index (Phi) is 2.58. The average molecular weight is 196 g/mol. The molecular formula is C9H13FN4. The summed E-state index contributed by atoms with van der Waals surface area (Å²) in [7, 11) is 0. The normalized spacial score (nSPS) is 17.1. The fourth-order valence-electron chi connectivity index (χ4n) is 1.46. The highest BCUT2D eigenvalue weighted by atomic mass is 19.1. The monoisotopic (exact) mass is 196 g/mol. The number of halogens is 1. The maximum Gasteiger partial charge on any atom is 0.225 e. The van der Waals surface area contributed by atoms with Crippen LogP contribution in [0, 0.1) is 12.7 Å². The van der Waals surface area contributed by atoms with Gasteiger partial charge in [-0.2, -0.15) is 0 Å². The Morgan fingerprint density at radius 3 is 2.79 bits per heavy atom. The maximum absolute atomic E-state index is 12.9. The molecule has 1 aromatic heterocycles. The first kappa shape index (κ1) is 9.33. The Hall–Kier alpha value is -1.23. The van der Waals surface area contributed by atoms with Gasteiger partial charge in [0.15, 0.2) is 5.82 Å². The van der Waals surface area contributed by atoms with Gasteiger partial charge >= 0.3 is 0 Å². The summed E-state index contributed by atoms with van der Waals surface area (Å²) in [5.74, 6) is 0.286. The molecule has 5 heteroatoms. The first-order valence-electron chi connectivity index (χ1n) is 4.72. The Morgan fingerprint density at radius 2 is 2.14 bits per heavy atom. The summed E-state index contributed by atoms with van der Waals surface area (Å²) in [6.45, 7) is 5.28. The minimum Gasteiger partial charge on any atom is -0.338 e. The van der Waals surface area contributed by atoms with E-state index in [1.54, 1.807) is 6.92 Å². The molecule has 0 spiro atoms. The van der Waals surface area contributed by atoms with E-state index in [1.165, 1.54) is 6.20 Å². The van der Waals surface area contributed by atoms with Crippen molar-refractivity contribution >= 4 is 5.95 Å². The first-order valence-corrected chi connectivity index (χ1v) is 4.72. The summed E-state index contributed by atoms with van der Waals surface area (Å²) in [4.78, 5) is 10.1. The molecule has 0 amide bonds. The molecule has 0 atom stereocenters. The number of anilines is 1. The number of nitrogens with zero attached hydrogens (tertiary/aromatic N) is 3. The van der Waals surface area contributed by atoms with Gasteiger partial charge in [0.1, 0.15) is 0 Å². The van der Waals surface area contributed by atoms with Crippen molar-refractivity contribution in [1.29, 1.82) is 0 Å². The van der Waals surface area contributed by atoms with Crippen LogP contribution in [0.2, 0.25) is 0 Å². The smallest absolute Gasteiger partial charge is 0.225 e. The number of rotatable bonds is 1. The van der Waals surface area contributed by atoms with Crippen LogP contribution in [0.25, 0.3) is 0 Å². The van der Waals surface area contributed by atoms with Crippen LogP contribution in [-0.2, 0) is 0 Å². The molecule has 0 bridgehead atoms. The van der Waals surface area contributed by atoms with Crippen LogP contribution < -0.4 is 10.2 Å². The molecule has 76 valence electrons. The van der Waals surface area contributed by atoms with Crippen LogP contribution in [0.4, 0.5) is 10.3 Å². The third-order valence-corrected chi connectivity index (χ3v) is 2.31. The van der Waals surface area contributed by atoms with Crippen molar-refractivity contribution < 1.29 is 4.39 Å². The quantitative estimate of drug-likeness (QED) is 0.703. The van der Waals surface area contributed by atoms with Gasteiger partial charge in [-0.25, -0.2) is 14.4 Å². The predicted molar refractivity (Wildman–Crippen MR) is 51.8 cm³/mol.